The molecule has 1 aliphatic carbocycles. The molecule has 1 atom stereocenters. The maximum Gasteiger partial charge on any atom is 0.137 e. The number of imidazole rings is 1. The van der Waals surface area contributed by atoms with Crippen LogP contribution in [0, 0.1) is 0 Å². The standard InChI is InChI=1S/C18H16Cl2N2O2/c1-18(24)7-2-3-12-17(18)21-14-9-10(6-8-22(12)14)15-13(23)5-4-11(19)16(15)20/h4-6,8-9,23-24H,2-3,7H2,1H3. The van der Waals surface area contributed by atoms with E-state index in [2.05, 4.69) is 4.98 Å². The summed E-state index contributed by atoms with van der Waals surface area (Å²) in [6.45, 7) is 1.80. The van der Waals surface area contributed by atoms with Crippen LogP contribution < -0.4 is 0 Å². The third kappa shape index (κ3) is 2.29. The quantitative estimate of drug-likeness (QED) is 0.667. The molecule has 0 saturated carbocycles. The number of aryl methyl sites for hydroxylation is 1. The van der Waals surface area contributed by atoms with Crippen LogP contribution in [-0.2, 0) is 12.0 Å². The molecule has 3 aromatic rings. The molecule has 0 amide bonds. The molecule has 4 nitrogen and oxygen atoms in total. The zero-order chi connectivity index (χ0) is 17.1. The Morgan fingerprint density at radius 2 is 2.04 bits per heavy atom. The van der Waals surface area contributed by atoms with Gasteiger partial charge in [-0.1, -0.05) is 23.2 Å². The summed E-state index contributed by atoms with van der Waals surface area (Å²) < 4.78 is 1.99. The first-order valence-corrected chi connectivity index (χ1v) is 8.55. The summed E-state index contributed by atoms with van der Waals surface area (Å²) in [5, 5.41) is 21.5. The van der Waals surface area contributed by atoms with Crippen molar-refractivity contribution in [3.05, 3.63) is 51.9 Å². The van der Waals surface area contributed by atoms with Crippen LogP contribution in [0.3, 0.4) is 0 Å². The van der Waals surface area contributed by atoms with Crippen LogP contribution in [0.25, 0.3) is 16.8 Å². The van der Waals surface area contributed by atoms with Gasteiger partial charge in [0.2, 0.25) is 0 Å². The average molecular weight is 363 g/mol. The molecule has 24 heavy (non-hydrogen) atoms. The van der Waals surface area contributed by atoms with Crippen molar-refractivity contribution in [1.82, 2.24) is 9.38 Å². The lowest BCUT2D eigenvalue weighted by Gasteiger charge is -2.26. The lowest BCUT2D eigenvalue weighted by atomic mass is 9.87. The molecular weight excluding hydrogens is 347 g/mol. The van der Waals surface area contributed by atoms with Crippen LogP contribution in [0.4, 0.5) is 0 Å². The van der Waals surface area contributed by atoms with Gasteiger partial charge in [0.25, 0.3) is 0 Å². The number of aliphatic hydroxyl groups is 1. The second kappa shape index (κ2) is 5.38. The molecule has 0 saturated heterocycles. The van der Waals surface area contributed by atoms with Crippen molar-refractivity contribution < 1.29 is 10.2 Å². The summed E-state index contributed by atoms with van der Waals surface area (Å²) >= 11 is 12.3. The maximum atomic E-state index is 10.6. The van der Waals surface area contributed by atoms with Crippen molar-refractivity contribution in [2.45, 2.75) is 31.8 Å². The van der Waals surface area contributed by atoms with E-state index in [0.29, 0.717) is 22.0 Å². The molecule has 0 bridgehead atoms. The number of aromatic hydroxyl groups is 1. The van der Waals surface area contributed by atoms with Crippen LogP contribution in [0.1, 0.15) is 31.2 Å². The molecule has 1 unspecified atom stereocenters. The summed E-state index contributed by atoms with van der Waals surface area (Å²) in [5.41, 5.74) is 2.79. The van der Waals surface area contributed by atoms with Crippen molar-refractivity contribution >= 4 is 28.8 Å². The van der Waals surface area contributed by atoms with Gasteiger partial charge in [-0.25, -0.2) is 4.98 Å². The summed E-state index contributed by atoms with van der Waals surface area (Å²) in [5.74, 6) is 0.0667. The van der Waals surface area contributed by atoms with E-state index in [9.17, 15) is 10.2 Å². The molecule has 2 heterocycles. The molecule has 6 heteroatoms. The van der Waals surface area contributed by atoms with E-state index in [-0.39, 0.29) is 5.75 Å². The molecule has 1 aliphatic rings. The zero-order valence-electron chi connectivity index (χ0n) is 13.1. The second-order valence-corrected chi connectivity index (χ2v) is 7.22. The van der Waals surface area contributed by atoms with Crippen molar-refractivity contribution in [2.75, 3.05) is 0 Å². The Labute approximate surface area is 149 Å². The van der Waals surface area contributed by atoms with E-state index in [1.807, 2.05) is 22.7 Å². The smallest absolute Gasteiger partial charge is 0.137 e. The van der Waals surface area contributed by atoms with Crippen molar-refractivity contribution in [2.24, 2.45) is 0 Å². The van der Waals surface area contributed by atoms with Crippen LogP contribution in [0.15, 0.2) is 30.5 Å². The van der Waals surface area contributed by atoms with Crippen LogP contribution in [0.5, 0.6) is 5.75 Å². The van der Waals surface area contributed by atoms with E-state index < -0.39 is 5.60 Å². The predicted molar refractivity (Wildman–Crippen MR) is 94.8 cm³/mol. The average Bonchev–Trinajstić information content (AvgIpc) is 2.91. The third-order valence-electron chi connectivity index (χ3n) is 4.67. The topological polar surface area (TPSA) is 57.8 Å². The van der Waals surface area contributed by atoms with Crippen molar-refractivity contribution in [3.63, 3.8) is 0 Å². The molecule has 0 radical (unpaired) electrons. The van der Waals surface area contributed by atoms with Gasteiger partial charge in [-0.15, -0.1) is 0 Å². The van der Waals surface area contributed by atoms with E-state index in [1.165, 1.54) is 6.07 Å². The molecule has 124 valence electrons. The Kier molecular flexibility index (Phi) is 3.53. The number of hydrogen-bond donors (Lipinski definition) is 2. The maximum absolute atomic E-state index is 10.6. The zero-order valence-corrected chi connectivity index (χ0v) is 14.6. The summed E-state index contributed by atoms with van der Waals surface area (Å²) in [6.07, 6.45) is 4.41. The van der Waals surface area contributed by atoms with Crippen molar-refractivity contribution in [1.29, 1.82) is 0 Å². The molecule has 0 spiro atoms. The Morgan fingerprint density at radius 1 is 1.25 bits per heavy atom. The molecule has 2 aromatic heterocycles. The highest BCUT2D eigenvalue weighted by atomic mass is 35.5. The fourth-order valence-corrected chi connectivity index (χ4v) is 3.88. The van der Waals surface area contributed by atoms with Crippen molar-refractivity contribution in [3.8, 4) is 16.9 Å². The molecular formula is C18H16Cl2N2O2. The number of halogens is 2. The van der Waals surface area contributed by atoms with Crippen LogP contribution in [0.2, 0.25) is 10.0 Å². The summed E-state index contributed by atoms with van der Waals surface area (Å²) in [6, 6.07) is 6.81. The van der Waals surface area contributed by atoms with Gasteiger partial charge in [-0.3, -0.25) is 0 Å². The van der Waals surface area contributed by atoms with Gasteiger partial charge < -0.3 is 14.6 Å². The Morgan fingerprint density at radius 3 is 2.83 bits per heavy atom. The lowest BCUT2D eigenvalue weighted by molar-refractivity contribution is 0.0343. The van der Waals surface area contributed by atoms with Gasteiger partial charge in [0.1, 0.15) is 17.0 Å². The van der Waals surface area contributed by atoms with E-state index in [1.54, 1.807) is 13.0 Å². The molecule has 2 N–H and O–H groups in total. The molecule has 1 aromatic carbocycles. The fraction of sp³-hybridized carbons (Fsp3) is 0.278. The van der Waals surface area contributed by atoms with E-state index in [0.717, 1.165) is 35.4 Å². The van der Waals surface area contributed by atoms with E-state index >= 15 is 0 Å². The highest BCUT2D eigenvalue weighted by Crippen LogP contribution is 2.41. The minimum Gasteiger partial charge on any atom is -0.507 e. The monoisotopic (exact) mass is 362 g/mol. The molecule has 4 rings (SSSR count). The minimum absolute atomic E-state index is 0.0667. The number of hydrogen-bond acceptors (Lipinski definition) is 3. The number of rotatable bonds is 1. The third-order valence-corrected chi connectivity index (χ3v) is 5.48. The molecule has 0 fully saturated rings. The number of nitrogens with zero attached hydrogens (tertiary/aromatic N) is 2. The largest absolute Gasteiger partial charge is 0.507 e. The number of fused-ring (bicyclic) bond motifs is 3. The Balaban J connectivity index is 1.94. The predicted octanol–water partition coefficient (Wildman–Crippen LogP) is 4.56. The first-order valence-electron chi connectivity index (χ1n) is 7.79. The fourth-order valence-electron chi connectivity index (χ4n) is 3.45. The van der Waals surface area contributed by atoms with Gasteiger partial charge in [-0.05, 0) is 56.0 Å². The van der Waals surface area contributed by atoms with Gasteiger partial charge in [0, 0.05) is 17.5 Å². The number of phenols is 1. The van der Waals surface area contributed by atoms with Gasteiger partial charge in [-0.2, -0.15) is 0 Å². The number of benzene rings is 1. The normalized spacial score (nSPS) is 20.3. The SMILES string of the molecule is CC1(O)CCCc2c1nc1cc(-c3c(O)ccc(Cl)c3Cl)ccn21. The first-order chi connectivity index (χ1) is 11.4. The number of pyridine rings is 1. The molecule has 0 aliphatic heterocycles. The van der Waals surface area contributed by atoms with Crippen LogP contribution in [-0.4, -0.2) is 19.6 Å². The van der Waals surface area contributed by atoms with Gasteiger partial charge in [0.05, 0.1) is 15.7 Å². The lowest BCUT2D eigenvalue weighted by Crippen LogP contribution is -2.27. The van der Waals surface area contributed by atoms with Crippen LogP contribution >= 0.6 is 23.2 Å². The van der Waals surface area contributed by atoms with E-state index in [4.69, 9.17) is 23.2 Å². The number of phenolic OH excluding ortho intramolecular Hbond substituents is 1. The highest BCUT2D eigenvalue weighted by Gasteiger charge is 2.33. The summed E-state index contributed by atoms with van der Waals surface area (Å²) in [7, 11) is 0. The number of aromatic nitrogens is 2. The highest BCUT2D eigenvalue weighted by molar-refractivity contribution is 6.44. The minimum atomic E-state index is -0.907. The first kappa shape index (κ1) is 15.8. The summed E-state index contributed by atoms with van der Waals surface area (Å²) in [4.78, 5) is 4.63. The second-order valence-electron chi connectivity index (χ2n) is 6.43. The Bertz CT molecular complexity index is 963. The van der Waals surface area contributed by atoms with Gasteiger partial charge in [0.15, 0.2) is 0 Å². The Hall–Kier alpha value is -1.75. The van der Waals surface area contributed by atoms with Gasteiger partial charge >= 0.3 is 0 Å².